The van der Waals surface area contributed by atoms with E-state index in [0.29, 0.717) is 19.1 Å². The Morgan fingerprint density at radius 3 is 2.24 bits per heavy atom. The standard InChI is InChI=1S/C10H17NO6/c1-3-8(4-2)17-10(6-12)9(16-7-13)5-11(14)15/h6-10H,3-5H2,1-2H3/t9-,10-/m1/s1. The number of aldehydes is 1. The maximum atomic E-state index is 10.8. The molecule has 0 N–H and O–H groups in total. The fourth-order valence-corrected chi connectivity index (χ4v) is 1.35. The number of rotatable bonds is 10. The van der Waals surface area contributed by atoms with Crippen LogP contribution in [0.5, 0.6) is 0 Å². The molecule has 98 valence electrons. The molecule has 0 rings (SSSR count). The molecule has 0 bridgehead atoms. The van der Waals surface area contributed by atoms with Crippen LogP contribution in [0.4, 0.5) is 0 Å². The van der Waals surface area contributed by atoms with Gasteiger partial charge in [0.2, 0.25) is 6.54 Å². The van der Waals surface area contributed by atoms with Gasteiger partial charge in [0.1, 0.15) is 0 Å². The van der Waals surface area contributed by atoms with Crippen LogP contribution in [-0.2, 0) is 19.1 Å². The Morgan fingerprint density at radius 2 is 1.88 bits per heavy atom. The molecule has 0 amide bonds. The number of nitrogens with zero attached hydrogens (tertiary/aromatic N) is 1. The largest absolute Gasteiger partial charge is 0.454 e. The Labute approximate surface area is 99.2 Å². The first kappa shape index (κ1) is 15.5. The van der Waals surface area contributed by atoms with E-state index >= 15 is 0 Å². The van der Waals surface area contributed by atoms with Gasteiger partial charge in [-0.3, -0.25) is 14.9 Å². The molecule has 0 aliphatic carbocycles. The number of ether oxygens (including phenoxy) is 2. The van der Waals surface area contributed by atoms with Gasteiger partial charge in [0.05, 0.1) is 6.10 Å². The molecule has 0 unspecified atom stereocenters. The number of carbonyl (C=O) groups excluding carboxylic acids is 2. The highest BCUT2D eigenvalue weighted by atomic mass is 16.6. The van der Waals surface area contributed by atoms with Gasteiger partial charge in [-0.2, -0.15) is 0 Å². The summed E-state index contributed by atoms with van der Waals surface area (Å²) in [5.41, 5.74) is 0. The van der Waals surface area contributed by atoms with E-state index in [1.165, 1.54) is 0 Å². The highest BCUT2D eigenvalue weighted by Crippen LogP contribution is 2.10. The van der Waals surface area contributed by atoms with Gasteiger partial charge in [-0.05, 0) is 12.8 Å². The van der Waals surface area contributed by atoms with Gasteiger partial charge in [0.25, 0.3) is 6.47 Å². The minimum Gasteiger partial charge on any atom is -0.454 e. The van der Waals surface area contributed by atoms with Crippen LogP contribution < -0.4 is 0 Å². The molecule has 0 saturated heterocycles. The summed E-state index contributed by atoms with van der Waals surface area (Å²) < 4.78 is 9.87. The summed E-state index contributed by atoms with van der Waals surface area (Å²) in [6.45, 7) is 3.18. The minimum atomic E-state index is -1.18. The van der Waals surface area contributed by atoms with Crippen LogP contribution in [-0.4, -0.2) is 42.5 Å². The van der Waals surface area contributed by atoms with Gasteiger partial charge in [-0.1, -0.05) is 13.8 Å². The second-order valence-corrected chi connectivity index (χ2v) is 3.46. The zero-order valence-electron chi connectivity index (χ0n) is 9.90. The lowest BCUT2D eigenvalue weighted by Gasteiger charge is -2.23. The predicted molar refractivity (Wildman–Crippen MR) is 58.1 cm³/mol. The van der Waals surface area contributed by atoms with Crippen molar-refractivity contribution in [2.75, 3.05) is 6.54 Å². The summed E-state index contributed by atoms with van der Waals surface area (Å²) in [5.74, 6) is 0. The molecule has 0 saturated carbocycles. The fourth-order valence-electron chi connectivity index (χ4n) is 1.35. The van der Waals surface area contributed by atoms with Crippen molar-refractivity contribution in [3.63, 3.8) is 0 Å². The van der Waals surface area contributed by atoms with Gasteiger partial charge in [-0.25, -0.2) is 0 Å². The molecular formula is C10H17NO6. The summed E-state index contributed by atoms with van der Waals surface area (Å²) in [4.78, 5) is 30.8. The summed E-state index contributed by atoms with van der Waals surface area (Å²) in [5, 5.41) is 10.4. The average molecular weight is 247 g/mol. The van der Waals surface area contributed by atoms with Crippen LogP contribution in [0, 0.1) is 10.1 Å². The molecule has 0 aliphatic heterocycles. The third-order valence-electron chi connectivity index (χ3n) is 2.32. The molecule has 7 heteroatoms. The first-order valence-corrected chi connectivity index (χ1v) is 5.40. The van der Waals surface area contributed by atoms with E-state index in [1.54, 1.807) is 0 Å². The second kappa shape index (κ2) is 8.63. The predicted octanol–water partition coefficient (Wildman–Crippen LogP) is 0.577. The van der Waals surface area contributed by atoms with Gasteiger partial charge >= 0.3 is 0 Å². The van der Waals surface area contributed by atoms with Gasteiger partial charge < -0.3 is 14.3 Å². The quantitative estimate of drug-likeness (QED) is 0.318. The zero-order chi connectivity index (χ0) is 13.3. The smallest absolute Gasteiger partial charge is 0.293 e. The Bertz CT molecular complexity index is 253. The van der Waals surface area contributed by atoms with Crippen molar-refractivity contribution < 1.29 is 24.0 Å². The Balaban J connectivity index is 4.58. The van der Waals surface area contributed by atoms with Gasteiger partial charge in [-0.15, -0.1) is 0 Å². The summed E-state index contributed by atoms with van der Waals surface area (Å²) >= 11 is 0. The lowest BCUT2D eigenvalue weighted by atomic mass is 10.2. The maximum Gasteiger partial charge on any atom is 0.293 e. The molecule has 0 aliphatic rings. The summed E-state index contributed by atoms with van der Waals surface area (Å²) in [6, 6.07) is 0. The van der Waals surface area contributed by atoms with E-state index < -0.39 is 23.7 Å². The van der Waals surface area contributed by atoms with Crippen molar-refractivity contribution >= 4 is 12.8 Å². The number of nitro groups is 1. The molecule has 2 atom stereocenters. The number of carbonyl (C=O) groups is 2. The van der Waals surface area contributed by atoms with E-state index in [4.69, 9.17) is 4.74 Å². The van der Waals surface area contributed by atoms with E-state index in [9.17, 15) is 19.7 Å². The molecule has 17 heavy (non-hydrogen) atoms. The molecule has 0 aromatic rings. The zero-order valence-corrected chi connectivity index (χ0v) is 9.90. The lowest BCUT2D eigenvalue weighted by molar-refractivity contribution is -0.492. The average Bonchev–Trinajstić information content (AvgIpc) is 2.30. The molecule has 0 spiro atoms. The van der Waals surface area contributed by atoms with E-state index in [1.807, 2.05) is 13.8 Å². The first-order chi connectivity index (χ1) is 8.08. The maximum absolute atomic E-state index is 10.8. The van der Waals surface area contributed by atoms with Crippen molar-refractivity contribution in [3.05, 3.63) is 10.1 Å². The Kier molecular flexibility index (Phi) is 7.87. The Morgan fingerprint density at radius 1 is 1.29 bits per heavy atom. The van der Waals surface area contributed by atoms with Crippen LogP contribution >= 0.6 is 0 Å². The van der Waals surface area contributed by atoms with Crippen molar-refractivity contribution in [2.45, 2.75) is 45.0 Å². The van der Waals surface area contributed by atoms with Crippen LogP contribution in [0.15, 0.2) is 0 Å². The molecule has 0 aromatic carbocycles. The highest BCUT2D eigenvalue weighted by molar-refractivity contribution is 5.57. The van der Waals surface area contributed by atoms with Gasteiger partial charge in [0, 0.05) is 4.92 Å². The molecule has 0 heterocycles. The normalized spacial score (nSPS) is 14.1. The van der Waals surface area contributed by atoms with E-state index in [-0.39, 0.29) is 12.6 Å². The molecule has 7 nitrogen and oxygen atoms in total. The molecule has 0 fully saturated rings. The van der Waals surface area contributed by atoms with Gasteiger partial charge in [0.15, 0.2) is 18.5 Å². The van der Waals surface area contributed by atoms with Crippen LogP contribution in [0.3, 0.4) is 0 Å². The molecule has 0 radical (unpaired) electrons. The molecular weight excluding hydrogens is 230 g/mol. The highest BCUT2D eigenvalue weighted by Gasteiger charge is 2.30. The summed E-state index contributed by atoms with van der Waals surface area (Å²) in [6.07, 6.45) is -0.693. The van der Waals surface area contributed by atoms with E-state index in [2.05, 4.69) is 4.74 Å². The topological polar surface area (TPSA) is 95.7 Å². The number of hydrogen-bond acceptors (Lipinski definition) is 6. The van der Waals surface area contributed by atoms with Crippen LogP contribution in [0.1, 0.15) is 26.7 Å². The lowest BCUT2D eigenvalue weighted by Crippen LogP contribution is -2.40. The third-order valence-corrected chi connectivity index (χ3v) is 2.32. The third kappa shape index (κ3) is 5.96. The monoisotopic (exact) mass is 247 g/mol. The van der Waals surface area contributed by atoms with Crippen molar-refractivity contribution in [1.29, 1.82) is 0 Å². The number of hydrogen-bond donors (Lipinski definition) is 0. The first-order valence-electron chi connectivity index (χ1n) is 5.40. The van der Waals surface area contributed by atoms with E-state index in [0.717, 1.165) is 0 Å². The second-order valence-electron chi connectivity index (χ2n) is 3.46. The van der Waals surface area contributed by atoms with Crippen molar-refractivity contribution in [1.82, 2.24) is 0 Å². The van der Waals surface area contributed by atoms with Crippen LogP contribution in [0.2, 0.25) is 0 Å². The summed E-state index contributed by atoms with van der Waals surface area (Å²) in [7, 11) is 0. The van der Waals surface area contributed by atoms with Crippen molar-refractivity contribution in [3.8, 4) is 0 Å². The fraction of sp³-hybridized carbons (Fsp3) is 0.800. The Hall–Kier alpha value is -1.50. The van der Waals surface area contributed by atoms with Crippen molar-refractivity contribution in [2.24, 2.45) is 0 Å². The SMILES string of the molecule is CCC(CC)O[C@H](C=O)[C@@H](C[N+](=O)[O-])OC=O. The van der Waals surface area contributed by atoms with Crippen LogP contribution in [0.25, 0.3) is 0 Å². The minimum absolute atomic E-state index is 0.0843. The molecule has 0 aromatic heterocycles.